The average Bonchev–Trinajstić information content (AvgIpc) is 2.88. The summed E-state index contributed by atoms with van der Waals surface area (Å²) in [5, 5.41) is 5.79. The van der Waals surface area contributed by atoms with Gasteiger partial charge in [-0.3, -0.25) is 9.10 Å². The lowest BCUT2D eigenvalue weighted by molar-refractivity contribution is 0.102. The number of carbonyl (C=O) groups excluding carboxylic acids is 1. The molecule has 0 saturated carbocycles. The first-order valence-corrected chi connectivity index (χ1v) is 16.4. The predicted molar refractivity (Wildman–Crippen MR) is 152 cm³/mol. The van der Waals surface area contributed by atoms with E-state index >= 15 is 4.39 Å². The van der Waals surface area contributed by atoms with Crippen LogP contribution in [0.2, 0.25) is 0 Å². The van der Waals surface area contributed by atoms with Crippen molar-refractivity contribution >= 4 is 42.7 Å². The molecule has 1 atom stereocenters. The van der Waals surface area contributed by atoms with Crippen LogP contribution in [0.5, 0.6) is 0 Å². The third-order valence-corrected chi connectivity index (χ3v) is 9.72. The van der Waals surface area contributed by atoms with Crippen LogP contribution >= 0.6 is 0 Å². The molecule has 1 fully saturated rings. The minimum Gasteiger partial charge on any atom is -0.369 e. The zero-order chi connectivity index (χ0) is 27.9. The normalized spacial score (nSPS) is 15.6. The van der Waals surface area contributed by atoms with Crippen molar-refractivity contribution in [2.45, 2.75) is 43.9 Å². The number of amides is 1. The van der Waals surface area contributed by atoms with E-state index in [0.717, 1.165) is 74.2 Å². The van der Waals surface area contributed by atoms with E-state index in [1.807, 2.05) is 0 Å². The molecule has 210 valence electrons. The summed E-state index contributed by atoms with van der Waals surface area (Å²) in [4.78, 5) is 15.5. The molecule has 0 aliphatic carbocycles. The van der Waals surface area contributed by atoms with Crippen molar-refractivity contribution in [1.82, 2.24) is 5.32 Å². The van der Waals surface area contributed by atoms with E-state index in [1.54, 1.807) is 18.2 Å². The molecule has 0 aromatic heterocycles. The van der Waals surface area contributed by atoms with E-state index in [2.05, 4.69) is 22.5 Å². The molecule has 3 N–H and O–H groups in total. The highest BCUT2D eigenvalue weighted by Crippen LogP contribution is 2.29. The fraction of sp³-hybridized carbons (Fsp3) is 0.500. The van der Waals surface area contributed by atoms with E-state index in [-0.39, 0.29) is 27.6 Å². The number of nitrogens with one attached hydrogen (secondary N) is 3. The van der Waals surface area contributed by atoms with Crippen LogP contribution in [0.4, 0.5) is 21.5 Å². The Morgan fingerprint density at radius 1 is 1.08 bits per heavy atom. The van der Waals surface area contributed by atoms with Gasteiger partial charge in [-0.25, -0.2) is 21.8 Å². The zero-order valence-corrected chi connectivity index (χ0v) is 23.9. The summed E-state index contributed by atoms with van der Waals surface area (Å²) in [7, 11) is -5.46. The highest BCUT2D eigenvalue weighted by Gasteiger charge is 2.23. The van der Waals surface area contributed by atoms with Crippen LogP contribution in [0.1, 0.15) is 49.4 Å². The van der Waals surface area contributed by atoms with Gasteiger partial charge in [0.05, 0.1) is 37.8 Å². The molecule has 2 aromatic carbocycles. The smallest absolute Gasteiger partial charge is 0.257 e. The molecule has 1 aliphatic rings. The number of piperazine rings is 1. The molecule has 1 aliphatic heterocycles. The minimum absolute atomic E-state index is 0.0776. The molecule has 1 saturated heterocycles. The van der Waals surface area contributed by atoms with E-state index in [0.29, 0.717) is 6.42 Å². The highest BCUT2D eigenvalue weighted by molar-refractivity contribution is 7.92. The zero-order valence-electron chi connectivity index (χ0n) is 22.3. The van der Waals surface area contributed by atoms with Gasteiger partial charge in [-0.05, 0) is 42.8 Å². The van der Waals surface area contributed by atoms with Crippen molar-refractivity contribution in [3.05, 3.63) is 47.8 Å². The largest absolute Gasteiger partial charge is 0.369 e. The molecular formula is C26H38FN5O4S2. The number of halogens is 1. The van der Waals surface area contributed by atoms with Crippen LogP contribution < -0.4 is 19.8 Å². The third-order valence-electron chi connectivity index (χ3n) is 6.65. The summed E-state index contributed by atoms with van der Waals surface area (Å²) in [5.74, 6) is -1.33. The maximum absolute atomic E-state index is 15.0. The topological polar surface area (TPSA) is 123 Å². The number of anilines is 3. The number of rotatable bonds is 12. The van der Waals surface area contributed by atoms with Gasteiger partial charge in [0.1, 0.15) is 5.82 Å². The van der Waals surface area contributed by atoms with Gasteiger partial charge in [0.15, 0.2) is 0 Å². The van der Waals surface area contributed by atoms with Gasteiger partial charge in [0.2, 0.25) is 10.0 Å². The Morgan fingerprint density at radius 2 is 1.76 bits per heavy atom. The number of nitrogens with zero attached hydrogens (tertiary/aromatic N) is 2. The van der Waals surface area contributed by atoms with E-state index in [9.17, 15) is 17.4 Å². The summed E-state index contributed by atoms with van der Waals surface area (Å²) in [6.45, 7) is 5.11. The lowest BCUT2D eigenvalue weighted by Gasteiger charge is -2.30. The third kappa shape index (κ3) is 7.67. The number of hydrogen-bond donors (Lipinski definition) is 3. The Morgan fingerprint density at radius 3 is 2.39 bits per heavy atom. The number of sulfonamides is 1. The van der Waals surface area contributed by atoms with Crippen LogP contribution in [0.15, 0.2) is 41.3 Å². The maximum atomic E-state index is 15.0. The molecule has 38 heavy (non-hydrogen) atoms. The van der Waals surface area contributed by atoms with E-state index in [4.69, 9.17) is 4.78 Å². The fourth-order valence-electron chi connectivity index (χ4n) is 4.30. The Balaban J connectivity index is 1.84. The van der Waals surface area contributed by atoms with Crippen molar-refractivity contribution in [3.63, 3.8) is 0 Å². The first-order valence-electron chi connectivity index (χ1n) is 12.8. The molecular weight excluding hydrogens is 529 g/mol. The summed E-state index contributed by atoms with van der Waals surface area (Å²) < 4.78 is 61.6. The van der Waals surface area contributed by atoms with Gasteiger partial charge in [-0.1, -0.05) is 32.6 Å². The minimum atomic E-state index is -3.66. The second-order valence-corrected chi connectivity index (χ2v) is 13.8. The Bertz CT molecular complexity index is 1340. The number of hydrogen-bond acceptors (Lipinski definition) is 7. The van der Waals surface area contributed by atoms with Crippen LogP contribution in [0.25, 0.3) is 0 Å². The molecule has 0 bridgehead atoms. The van der Waals surface area contributed by atoms with Crippen molar-refractivity contribution in [3.8, 4) is 0 Å². The van der Waals surface area contributed by atoms with E-state index in [1.165, 1.54) is 19.2 Å². The average molecular weight is 568 g/mol. The van der Waals surface area contributed by atoms with Gasteiger partial charge >= 0.3 is 0 Å². The van der Waals surface area contributed by atoms with Crippen LogP contribution in [0.3, 0.4) is 0 Å². The Hall–Kier alpha value is -2.70. The molecule has 1 unspecified atom stereocenters. The second kappa shape index (κ2) is 12.9. The standard InChI is InChI=1S/C26H38FN5O4S2/c1-4-5-6-7-8-17-38(28,36)21-10-11-24(23(27)19-21)30-26(33)22-18-20(32-15-13-29-14-16-32)9-12-25(22)31(2)37(3,34)35/h9-12,18-19,28-29H,4-8,13-17H2,1-3H3,(H,30,33). The molecule has 9 nitrogen and oxygen atoms in total. The number of carbonyl (C=O) groups is 1. The van der Waals surface area contributed by atoms with Gasteiger partial charge in [0, 0.05) is 44.7 Å². The lowest BCUT2D eigenvalue weighted by atomic mass is 10.1. The summed E-state index contributed by atoms with van der Waals surface area (Å²) in [6, 6.07) is 8.69. The lowest BCUT2D eigenvalue weighted by Crippen LogP contribution is -2.43. The Labute approximate surface area is 225 Å². The maximum Gasteiger partial charge on any atom is 0.257 e. The summed E-state index contributed by atoms with van der Waals surface area (Å²) in [6.07, 6.45) is 5.72. The summed E-state index contributed by atoms with van der Waals surface area (Å²) >= 11 is 0. The molecule has 1 heterocycles. The Kier molecular flexibility index (Phi) is 10.1. The van der Waals surface area contributed by atoms with Gasteiger partial charge in [-0.15, -0.1) is 0 Å². The van der Waals surface area contributed by atoms with E-state index < -0.39 is 31.5 Å². The molecule has 0 radical (unpaired) electrons. The van der Waals surface area contributed by atoms with Gasteiger partial charge < -0.3 is 15.5 Å². The highest BCUT2D eigenvalue weighted by atomic mass is 32.2. The SMILES string of the molecule is CCCCCCCS(=N)(=O)c1ccc(NC(=O)c2cc(N3CCNCC3)ccc2N(C)S(C)(=O)=O)c(F)c1. The fourth-order valence-corrected chi connectivity index (χ4v) is 6.24. The quantitative estimate of drug-likeness (QED) is 0.330. The van der Waals surface area contributed by atoms with Crippen LogP contribution in [-0.2, 0) is 19.8 Å². The number of benzene rings is 2. The summed E-state index contributed by atoms with van der Waals surface area (Å²) in [5.41, 5.74) is 0.857. The van der Waals surface area contributed by atoms with Crippen LogP contribution in [-0.4, -0.2) is 63.8 Å². The monoisotopic (exact) mass is 567 g/mol. The van der Waals surface area contributed by atoms with Crippen molar-refractivity contribution in [1.29, 1.82) is 4.78 Å². The molecule has 0 spiro atoms. The second-order valence-electron chi connectivity index (χ2n) is 9.56. The van der Waals surface area contributed by atoms with Crippen molar-refractivity contribution in [2.75, 3.05) is 59.8 Å². The number of unbranched alkanes of at least 4 members (excludes halogenated alkanes) is 4. The molecule has 2 aromatic rings. The predicted octanol–water partition coefficient (Wildman–Crippen LogP) is 4.26. The van der Waals surface area contributed by atoms with Gasteiger partial charge in [0.25, 0.3) is 5.91 Å². The van der Waals surface area contributed by atoms with Crippen LogP contribution in [0, 0.1) is 10.6 Å². The molecule has 1 amide bonds. The van der Waals surface area contributed by atoms with Gasteiger partial charge in [-0.2, -0.15) is 0 Å². The molecule has 3 rings (SSSR count). The van der Waals surface area contributed by atoms with Crippen molar-refractivity contribution < 1.29 is 21.8 Å². The first kappa shape index (κ1) is 29.9. The first-order chi connectivity index (χ1) is 17.9. The van der Waals surface area contributed by atoms with Crippen molar-refractivity contribution in [2.24, 2.45) is 0 Å². The molecule has 12 heteroatoms.